The summed E-state index contributed by atoms with van der Waals surface area (Å²) in [7, 11) is -1.00. The summed E-state index contributed by atoms with van der Waals surface area (Å²) >= 11 is 9.59. The topological polar surface area (TPSA) is 64.0 Å². The van der Waals surface area contributed by atoms with E-state index in [1.54, 1.807) is 22.9 Å². The summed E-state index contributed by atoms with van der Waals surface area (Å²) in [4.78, 5) is 13.0. The first-order chi connectivity index (χ1) is 13.3. The zero-order valence-corrected chi connectivity index (χ0v) is 18.4. The van der Waals surface area contributed by atoms with Crippen LogP contribution in [-0.4, -0.2) is 19.9 Å². The minimum absolute atomic E-state index is 0.335. The molecular weight excluding hydrogens is 462 g/mol. The van der Waals surface area contributed by atoms with E-state index in [2.05, 4.69) is 32.4 Å². The molecule has 1 amide bonds. The number of aryl methyl sites for hydroxylation is 2. The maximum Gasteiger partial charge on any atom is 0.258 e. The Bertz CT molecular complexity index is 1140. The highest BCUT2D eigenvalue weighted by molar-refractivity contribution is 9.10. The van der Waals surface area contributed by atoms with Gasteiger partial charge in [-0.05, 0) is 43.7 Å². The number of amides is 1. The quantitative estimate of drug-likeness (QED) is 0.581. The number of nitrogens with zero attached hydrogens (tertiary/aromatic N) is 2. The van der Waals surface area contributed by atoms with Crippen LogP contribution in [0.3, 0.4) is 0 Å². The van der Waals surface area contributed by atoms with Crippen molar-refractivity contribution >= 4 is 50.1 Å². The predicted molar refractivity (Wildman–Crippen MR) is 116 cm³/mol. The van der Waals surface area contributed by atoms with Crippen molar-refractivity contribution in [2.75, 3.05) is 5.32 Å². The first-order valence-corrected chi connectivity index (χ1v) is 11.3. The average molecular weight is 479 g/mol. The Morgan fingerprint density at radius 3 is 2.75 bits per heavy atom. The van der Waals surface area contributed by atoms with Crippen molar-refractivity contribution in [1.82, 2.24) is 9.78 Å². The molecule has 2 aromatic carbocycles. The van der Waals surface area contributed by atoms with Gasteiger partial charge in [-0.15, -0.1) is 0 Å². The first-order valence-electron chi connectivity index (χ1n) is 8.63. The summed E-state index contributed by atoms with van der Waals surface area (Å²) in [6, 6.07) is 11.2. The number of benzene rings is 2. The van der Waals surface area contributed by atoms with E-state index in [-0.39, 0.29) is 5.91 Å². The third kappa shape index (κ3) is 3.54. The largest absolute Gasteiger partial charge is 0.306 e. The number of rotatable bonds is 3. The second-order valence-corrected chi connectivity index (χ2v) is 9.56. The van der Waals surface area contributed by atoms with Crippen molar-refractivity contribution in [2.24, 2.45) is 0 Å². The molecule has 8 heteroatoms. The SMILES string of the molecule is Cc1ccc(-n2nc3c(c2NC(=O)c2cc(Br)ccc2Cl)CS(=O)C3)c(C)c1. The Morgan fingerprint density at radius 2 is 2.00 bits per heavy atom. The first kappa shape index (κ1) is 19.4. The highest BCUT2D eigenvalue weighted by Crippen LogP contribution is 2.33. The number of hydrogen-bond donors (Lipinski definition) is 1. The lowest BCUT2D eigenvalue weighted by atomic mass is 10.1. The van der Waals surface area contributed by atoms with Crippen LogP contribution in [0.2, 0.25) is 5.02 Å². The molecule has 4 rings (SSSR count). The molecule has 0 bridgehead atoms. The Balaban J connectivity index is 1.80. The zero-order valence-electron chi connectivity index (χ0n) is 15.3. The van der Waals surface area contributed by atoms with Gasteiger partial charge in [0.15, 0.2) is 0 Å². The highest BCUT2D eigenvalue weighted by atomic mass is 79.9. The van der Waals surface area contributed by atoms with Gasteiger partial charge in [0.1, 0.15) is 5.82 Å². The lowest BCUT2D eigenvalue weighted by Crippen LogP contribution is -2.17. The van der Waals surface area contributed by atoms with Gasteiger partial charge in [0, 0.05) is 20.8 Å². The summed E-state index contributed by atoms with van der Waals surface area (Å²) in [6.07, 6.45) is 0. The molecule has 144 valence electrons. The minimum Gasteiger partial charge on any atom is -0.306 e. The molecule has 1 aliphatic rings. The van der Waals surface area contributed by atoms with E-state index in [4.69, 9.17) is 11.6 Å². The zero-order chi connectivity index (χ0) is 20.0. The lowest BCUT2D eigenvalue weighted by molar-refractivity contribution is 0.102. The molecule has 1 unspecified atom stereocenters. The molecule has 0 saturated heterocycles. The van der Waals surface area contributed by atoms with Crippen molar-refractivity contribution in [3.05, 3.63) is 73.8 Å². The number of hydrogen-bond acceptors (Lipinski definition) is 3. The maximum atomic E-state index is 13.0. The molecule has 2 heterocycles. The maximum absolute atomic E-state index is 13.0. The van der Waals surface area contributed by atoms with Gasteiger partial charge in [0.05, 0.1) is 33.5 Å². The molecule has 1 aromatic heterocycles. The Labute approximate surface area is 178 Å². The molecule has 0 saturated carbocycles. The fraction of sp³-hybridized carbons (Fsp3) is 0.200. The summed E-state index contributed by atoms with van der Waals surface area (Å²) in [5.74, 6) is 0.988. The van der Waals surface area contributed by atoms with Crippen LogP contribution in [0.1, 0.15) is 32.7 Å². The van der Waals surface area contributed by atoms with Crippen molar-refractivity contribution in [3.63, 3.8) is 0 Å². The van der Waals surface area contributed by atoms with Gasteiger partial charge in [-0.25, -0.2) is 4.68 Å². The number of aromatic nitrogens is 2. The van der Waals surface area contributed by atoms with Crippen molar-refractivity contribution in [1.29, 1.82) is 0 Å². The predicted octanol–water partition coefficient (Wildman–Crippen LogP) is 4.92. The van der Waals surface area contributed by atoms with Gasteiger partial charge < -0.3 is 5.32 Å². The third-order valence-electron chi connectivity index (χ3n) is 4.66. The van der Waals surface area contributed by atoms with Crippen LogP contribution in [-0.2, 0) is 22.3 Å². The second-order valence-electron chi connectivity index (χ2n) is 6.78. The monoisotopic (exact) mass is 477 g/mol. The van der Waals surface area contributed by atoms with Gasteiger partial charge >= 0.3 is 0 Å². The summed E-state index contributed by atoms with van der Waals surface area (Å²) in [5, 5.41) is 7.97. The molecule has 0 radical (unpaired) electrons. The average Bonchev–Trinajstić information content (AvgIpc) is 3.14. The number of anilines is 1. The Kier molecular flexibility index (Phi) is 5.16. The molecule has 0 aliphatic carbocycles. The van der Waals surface area contributed by atoms with E-state index in [1.165, 1.54) is 0 Å². The molecule has 3 aromatic rings. The molecule has 1 aliphatic heterocycles. The molecule has 0 fully saturated rings. The van der Waals surface area contributed by atoms with Crippen molar-refractivity contribution in [2.45, 2.75) is 25.4 Å². The summed E-state index contributed by atoms with van der Waals surface area (Å²) < 4.78 is 14.5. The number of carbonyl (C=O) groups is 1. The van der Waals surface area contributed by atoms with Crippen LogP contribution in [0.25, 0.3) is 5.69 Å². The third-order valence-corrected chi connectivity index (χ3v) is 6.68. The lowest BCUT2D eigenvalue weighted by Gasteiger charge is -2.14. The van der Waals surface area contributed by atoms with Crippen molar-refractivity contribution in [3.8, 4) is 5.69 Å². The van der Waals surface area contributed by atoms with Crippen molar-refractivity contribution < 1.29 is 9.00 Å². The van der Waals surface area contributed by atoms with Gasteiger partial charge in [-0.2, -0.15) is 5.10 Å². The van der Waals surface area contributed by atoms with Crippen LogP contribution < -0.4 is 5.32 Å². The van der Waals surface area contributed by atoms with Crippen LogP contribution in [0, 0.1) is 13.8 Å². The molecule has 28 heavy (non-hydrogen) atoms. The minimum atomic E-state index is -1.00. The normalized spacial score (nSPS) is 15.5. The molecule has 0 spiro atoms. The van der Waals surface area contributed by atoms with E-state index in [1.807, 2.05) is 26.0 Å². The summed E-state index contributed by atoms with van der Waals surface area (Å²) in [5.41, 5.74) is 5.00. The second kappa shape index (κ2) is 7.46. The summed E-state index contributed by atoms with van der Waals surface area (Å²) in [6.45, 7) is 4.03. The Morgan fingerprint density at radius 1 is 1.21 bits per heavy atom. The molecule has 5 nitrogen and oxygen atoms in total. The van der Waals surface area contributed by atoms with E-state index in [0.29, 0.717) is 27.9 Å². The van der Waals surface area contributed by atoms with Gasteiger partial charge in [-0.1, -0.05) is 45.2 Å². The van der Waals surface area contributed by atoms with Crippen LogP contribution in [0.4, 0.5) is 5.82 Å². The molecule has 1 N–H and O–H groups in total. The fourth-order valence-corrected chi connectivity index (χ4v) is 5.15. The number of halogens is 2. The fourth-order valence-electron chi connectivity index (χ4n) is 3.32. The molecule has 1 atom stereocenters. The number of nitrogens with one attached hydrogen (secondary N) is 1. The smallest absolute Gasteiger partial charge is 0.258 e. The van der Waals surface area contributed by atoms with Crippen LogP contribution in [0.5, 0.6) is 0 Å². The molecular formula is C20H17BrClN3O2S. The highest BCUT2D eigenvalue weighted by Gasteiger charge is 2.29. The Hall–Kier alpha value is -1.96. The van der Waals surface area contributed by atoms with Gasteiger partial charge in [-0.3, -0.25) is 9.00 Å². The van der Waals surface area contributed by atoms with Crippen LogP contribution in [0.15, 0.2) is 40.9 Å². The number of fused-ring (bicyclic) bond motifs is 1. The van der Waals surface area contributed by atoms with E-state index >= 15 is 0 Å². The van der Waals surface area contributed by atoms with E-state index < -0.39 is 10.8 Å². The van der Waals surface area contributed by atoms with Crippen LogP contribution >= 0.6 is 27.5 Å². The van der Waals surface area contributed by atoms with Gasteiger partial charge in [0.2, 0.25) is 0 Å². The van der Waals surface area contributed by atoms with Gasteiger partial charge in [0.25, 0.3) is 5.91 Å². The number of carbonyl (C=O) groups excluding carboxylic acids is 1. The van der Waals surface area contributed by atoms with E-state index in [9.17, 15) is 9.00 Å². The standard InChI is InChI=1S/C20H17BrClN3O2S/c1-11-3-6-18(12(2)7-11)25-19(15-9-28(27)10-17(15)24-25)23-20(26)14-8-13(21)4-5-16(14)22/h3-8H,9-10H2,1-2H3,(H,23,26). The van der Waals surface area contributed by atoms with E-state index in [0.717, 1.165) is 32.5 Å².